The molecule has 18 heavy (non-hydrogen) atoms. The van der Waals surface area contributed by atoms with Crippen molar-refractivity contribution in [3.8, 4) is 0 Å². The molecule has 0 saturated heterocycles. The largest absolute Gasteiger partial charge is 0.380 e. The van der Waals surface area contributed by atoms with Crippen molar-refractivity contribution < 1.29 is 4.74 Å². The smallest absolute Gasteiger partial charge is 0.0702 e. The maximum Gasteiger partial charge on any atom is 0.0702 e. The van der Waals surface area contributed by atoms with Crippen LogP contribution < -0.4 is 5.73 Å². The molecule has 2 atom stereocenters. The highest BCUT2D eigenvalue weighted by molar-refractivity contribution is 9.11. The third kappa shape index (κ3) is 4.63. The molecule has 0 saturated carbocycles. The quantitative estimate of drug-likeness (QED) is 0.741. The van der Waals surface area contributed by atoms with E-state index in [1.165, 1.54) is 4.88 Å². The minimum absolute atomic E-state index is 0.155. The number of halogens is 1. The lowest BCUT2D eigenvalue weighted by Gasteiger charge is -2.31. The van der Waals surface area contributed by atoms with E-state index < -0.39 is 0 Å². The zero-order valence-corrected chi connectivity index (χ0v) is 13.8. The molecule has 1 heterocycles. The van der Waals surface area contributed by atoms with Crippen molar-refractivity contribution in [2.24, 2.45) is 5.73 Å². The molecule has 1 rings (SSSR count). The van der Waals surface area contributed by atoms with Gasteiger partial charge in [0.05, 0.1) is 16.4 Å². The van der Waals surface area contributed by atoms with Crippen molar-refractivity contribution >= 4 is 27.3 Å². The van der Waals surface area contributed by atoms with Gasteiger partial charge in [0.15, 0.2) is 0 Å². The highest BCUT2D eigenvalue weighted by atomic mass is 79.9. The fourth-order valence-corrected chi connectivity index (χ4v) is 3.62. The molecule has 0 aliphatic carbocycles. The maximum atomic E-state index is 6.27. The molecule has 2 N–H and O–H groups in total. The number of thiophene rings is 1. The summed E-state index contributed by atoms with van der Waals surface area (Å²) < 4.78 is 6.58. The highest BCUT2D eigenvalue weighted by Crippen LogP contribution is 2.32. The van der Waals surface area contributed by atoms with Gasteiger partial charge in [-0.2, -0.15) is 0 Å². The van der Waals surface area contributed by atoms with E-state index in [2.05, 4.69) is 46.9 Å². The van der Waals surface area contributed by atoms with Gasteiger partial charge in [-0.25, -0.2) is 0 Å². The van der Waals surface area contributed by atoms with Crippen molar-refractivity contribution in [2.75, 3.05) is 26.8 Å². The van der Waals surface area contributed by atoms with E-state index in [1.807, 2.05) is 6.92 Å². The average Bonchev–Trinajstić information content (AvgIpc) is 2.76. The molecular weight excluding hydrogens is 312 g/mol. The first-order valence-electron chi connectivity index (χ1n) is 6.38. The number of rotatable bonds is 8. The maximum absolute atomic E-state index is 6.27. The Morgan fingerprint density at radius 1 is 1.44 bits per heavy atom. The van der Waals surface area contributed by atoms with Crippen molar-refractivity contribution in [3.05, 3.63) is 20.8 Å². The average molecular weight is 335 g/mol. The lowest BCUT2D eigenvalue weighted by atomic mass is 10.0. The Bertz CT molecular complexity index is 345. The zero-order valence-electron chi connectivity index (χ0n) is 11.4. The molecule has 0 fully saturated rings. The Labute approximate surface area is 122 Å². The Kier molecular flexibility index (Phi) is 7.41. The molecule has 1 aromatic rings. The Hall–Kier alpha value is 0.0600. The topological polar surface area (TPSA) is 38.5 Å². The standard InChI is InChI=1S/C13H23BrN2OS/c1-4-10(15)13(11-6-7-12(14)18-11)16(3)8-9-17-5-2/h6-7,10,13H,4-5,8-9,15H2,1-3H3. The minimum Gasteiger partial charge on any atom is -0.380 e. The fraction of sp³-hybridized carbons (Fsp3) is 0.692. The van der Waals surface area contributed by atoms with Gasteiger partial charge in [0.2, 0.25) is 0 Å². The van der Waals surface area contributed by atoms with Gasteiger partial charge in [0, 0.05) is 24.1 Å². The molecule has 0 aromatic carbocycles. The van der Waals surface area contributed by atoms with E-state index in [9.17, 15) is 0 Å². The SMILES string of the molecule is CCOCCN(C)C(c1ccc(Br)s1)C(N)CC. The second-order valence-electron chi connectivity index (χ2n) is 4.34. The lowest BCUT2D eigenvalue weighted by molar-refractivity contribution is 0.101. The van der Waals surface area contributed by atoms with Crippen LogP contribution in [0.4, 0.5) is 0 Å². The van der Waals surface area contributed by atoms with Gasteiger partial charge in [0.1, 0.15) is 0 Å². The monoisotopic (exact) mass is 334 g/mol. The van der Waals surface area contributed by atoms with E-state index in [1.54, 1.807) is 11.3 Å². The van der Waals surface area contributed by atoms with Crippen LogP contribution in [-0.4, -0.2) is 37.7 Å². The van der Waals surface area contributed by atoms with Crippen molar-refractivity contribution in [3.63, 3.8) is 0 Å². The number of hydrogen-bond acceptors (Lipinski definition) is 4. The second-order valence-corrected chi connectivity index (χ2v) is 6.83. The van der Waals surface area contributed by atoms with E-state index in [-0.39, 0.29) is 12.1 Å². The Morgan fingerprint density at radius 3 is 2.67 bits per heavy atom. The Balaban J connectivity index is 2.72. The summed E-state index contributed by atoms with van der Waals surface area (Å²) in [5, 5.41) is 0. The molecule has 5 heteroatoms. The summed E-state index contributed by atoms with van der Waals surface area (Å²) >= 11 is 5.28. The van der Waals surface area contributed by atoms with Crippen LogP contribution in [-0.2, 0) is 4.74 Å². The molecule has 0 amide bonds. The van der Waals surface area contributed by atoms with E-state index in [0.29, 0.717) is 0 Å². The highest BCUT2D eigenvalue weighted by Gasteiger charge is 2.24. The van der Waals surface area contributed by atoms with Crippen LogP contribution in [0.1, 0.15) is 31.2 Å². The number of likely N-dealkylation sites (N-methyl/N-ethyl adjacent to an activating group) is 1. The summed E-state index contributed by atoms with van der Waals surface area (Å²) in [6.45, 7) is 6.58. The van der Waals surface area contributed by atoms with Crippen LogP contribution in [0.15, 0.2) is 15.9 Å². The number of nitrogens with two attached hydrogens (primary N) is 1. The first-order chi connectivity index (χ1) is 8.60. The molecule has 0 spiro atoms. The predicted molar refractivity (Wildman–Crippen MR) is 82.1 cm³/mol. The van der Waals surface area contributed by atoms with Crippen molar-refractivity contribution in [2.45, 2.75) is 32.4 Å². The normalized spacial score (nSPS) is 15.0. The second kappa shape index (κ2) is 8.27. The third-order valence-corrected chi connectivity index (χ3v) is 4.72. The van der Waals surface area contributed by atoms with Crippen molar-refractivity contribution in [1.29, 1.82) is 0 Å². The summed E-state index contributed by atoms with van der Waals surface area (Å²) in [5.74, 6) is 0. The predicted octanol–water partition coefficient (Wildman–Crippen LogP) is 3.26. The van der Waals surface area contributed by atoms with Gasteiger partial charge >= 0.3 is 0 Å². The van der Waals surface area contributed by atoms with E-state index in [0.717, 1.165) is 30.0 Å². The third-order valence-electron chi connectivity index (χ3n) is 3.03. The number of nitrogens with zero attached hydrogens (tertiary/aromatic N) is 1. The first kappa shape index (κ1) is 16.1. The minimum atomic E-state index is 0.155. The fourth-order valence-electron chi connectivity index (χ4n) is 1.96. The molecule has 0 aliphatic rings. The molecule has 0 aliphatic heterocycles. The first-order valence-corrected chi connectivity index (χ1v) is 7.99. The number of hydrogen-bond donors (Lipinski definition) is 1. The summed E-state index contributed by atoms with van der Waals surface area (Å²) in [6, 6.07) is 4.67. The van der Waals surface area contributed by atoms with Crippen LogP contribution >= 0.6 is 27.3 Å². The Morgan fingerprint density at radius 2 is 2.17 bits per heavy atom. The summed E-state index contributed by atoms with van der Waals surface area (Å²) in [6.07, 6.45) is 0.971. The van der Waals surface area contributed by atoms with Crippen molar-refractivity contribution in [1.82, 2.24) is 4.90 Å². The van der Waals surface area contributed by atoms with E-state index >= 15 is 0 Å². The molecule has 0 radical (unpaired) electrons. The van der Waals surface area contributed by atoms with Gasteiger partial charge in [-0.3, -0.25) is 4.90 Å². The van der Waals surface area contributed by atoms with Gasteiger partial charge in [-0.05, 0) is 48.5 Å². The summed E-state index contributed by atoms with van der Waals surface area (Å²) in [5.41, 5.74) is 6.27. The molecule has 104 valence electrons. The summed E-state index contributed by atoms with van der Waals surface area (Å²) in [7, 11) is 2.12. The molecular formula is C13H23BrN2OS. The van der Waals surface area contributed by atoms with E-state index in [4.69, 9.17) is 10.5 Å². The molecule has 3 nitrogen and oxygen atoms in total. The van der Waals surface area contributed by atoms with Crippen LogP contribution in [0.2, 0.25) is 0 Å². The van der Waals surface area contributed by atoms with Gasteiger partial charge in [-0.15, -0.1) is 11.3 Å². The van der Waals surface area contributed by atoms with Crippen LogP contribution in [0.3, 0.4) is 0 Å². The number of ether oxygens (including phenoxy) is 1. The zero-order chi connectivity index (χ0) is 13.5. The van der Waals surface area contributed by atoms with Crippen LogP contribution in [0.5, 0.6) is 0 Å². The van der Waals surface area contributed by atoms with Crippen LogP contribution in [0, 0.1) is 0 Å². The van der Waals surface area contributed by atoms with Gasteiger partial charge in [0.25, 0.3) is 0 Å². The molecule has 0 bridgehead atoms. The summed E-state index contributed by atoms with van der Waals surface area (Å²) in [4.78, 5) is 3.61. The molecule has 2 unspecified atom stereocenters. The van der Waals surface area contributed by atoms with Gasteiger partial charge in [-0.1, -0.05) is 6.92 Å². The lowest BCUT2D eigenvalue weighted by Crippen LogP contribution is -2.39. The van der Waals surface area contributed by atoms with Gasteiger partial charge < -0.3 is 10.5 Å². The molecule has 1 aromatic heterocycles. The van der Waals surface area contributed by atoms with Crippen LogP contribution in [0.25, 0.3) is 0 Å².